The van der Waals surface area contributed by atoms with E-state index < -0.39 is 0 Å². The standard InChI is InChI=1S/C18H24N2O3/c1-13-3-5-15(6-4-13)12-17(21)20-9-7-19(8-10-20)16-11-14(2)23-18(16)22/h3-6,14,16H,7-12H2,1-2H3/t14-,16-/m0/s1. The normalized spacial score (nSPS) is 25.5. The van der Waals surface area contributed by atoms with Crippen LogP contribution in [0.4, 0.5) is 0 Å². The van der Waals surface area contributed by atoms with Gasteiger partial charge in [-0.2, -0.15) is 0 Å². The average Bonchev–Trinajstić information content (AvgIpc) is 2.88. The predicted octanol–water partition coefficient (Wildman–Crippen LogP) is 1.39. The third-order valence-corrected chi connectivity index (χ3v) is 4.73. The summed E-state index contributed by atoms with van der Waals surface area (Å²) in [6.45, 7) is 6.82. The zero-order valence-electron chi connectivity index (χ0n) is 13.8. The SMILES string of the molecule is Cc1ccc(CC(=O)N2CCN([C@H]3C[C@H](C)OC3=O)CC2)cc1. The molecule has 0 N–H and O–H groups in total. The number of hydrogen-bond donors (Lipinski definition) is 0. The minimum absolute atomic E-state index is 0.00805. The highest BCUT2D eigenvalue weighted by Crippen LogP contribution is 2.21. The maximum absolute atomic E-state index is 12.4. The minimum atomic E-state index is -0.126. The second-order valence-corrected chi connectivity index (χ2v) is 6.58. The molecule has 0 radical (unpaired) electrons. The number of esters is 1. The molecule has 5 nitrogen and oxygen atoms in total. The third kappa shape index (κ3) is 3.72. The van der Waals surface area contributed by atoms with Crippen LogP contribution < -0.4 is 0 Å². The molecule has 2 saturated heterocycles. The lowest BCUT2D eigenvalue weighted by Crippen LogP contribution is -2.53. The van der Waals surface area contributed by atoms with E-state index in [1.807, 2.05) is 43.0 Å². The summed E-state index contributed by atoms with van der Waals surface area (Å²) in [6, 6.07) is 7.97. The molecule has 2 aliphatic rings. The third-order valence-electron chi connectivity index (χ3n) is 4.73. The lowest BCUT2D eigenvalue weighted by molar-refractivity contribution is -0.145. The van der Waals surface area contributed by atoms with Crippen LogP contribution in [0.25, 0.3) is 0 Å². The molecule has 0 unspecified atom stereocenters. The summed E-state index contributed by atoms with van der Waals surface area (Å²) in [5.74, 6) is 0.0489. The fourth-order valence-electron chi connectivity index (χ4n) is 3.31. The molecule has 0 spiro atoms. The van der Waals surface area contributed by atoms with E-state index >= 15 is 0 Å². The lowest BCUT2D eigenvalue weighted by atomic mass is 10.1. The quantitative estimate of drug-likeness (QED) is 0.791. The Kier molecular flexibility index (Phi) is 4.66. The number of amides is 1. The number of carbonyl (C=O) groups is 2. The zero-order valence-corrected chi connectivity index (χ0v) is 13.8. The molecule has 1 aromatic carbocycles. The maximum Gasteiger partial charge on any atom is 0.323 e. The summed E-state index contributed by atoms with van der Waals surface area (Å²) >= 11 is 0. The molecule has 0 aliphatic carbocycles. The van der Waals surface area contributed by atoms with Crippen LogP contribution in [0.3, 0.4) is 0 Å². The number of piperazine rings is 1. The van der Waals surface area contributed by atoms with Gasteiger partial charge in [0.25, 0.3) is 0 Å². The van der Waals surface area contributed by atoms with Crippen LogP contribution in [0.2, 0.25) is 0 Å². The van der Waals surface area contributed by atoms with E-state index in [-0.39, 0.29) is 24.0 Å². The van der Waals surface area contributed by atoms with Crippen LogP contribution in [0.5, 0.6) is 0 Å². The molecular formula is C18H24N2O3. The molecule has 0 aromatic heterocycles. The molecule has 2 aliphatic heterocycles. The fraction of sp³-hybridized carbons (Fsp3) is 0.556. The average molecular weight is 316 g/mol. The Morgan fingerprint density at radius 2 is 1.83 bits per heavy atom. The lowest BCUT2D eigenvalue weighted by Gasteiger charge is -2.36. The summed E-state index contributed by atoms with van der Waals surface area (Å²) in [5.41, 5.74) is 2.25. The van der Waals surface area contributed by atoms with Gasteiger partial charge < -0.3 is 9.64 Å². The Hall–Kier alpha value is -1.88. The van der Waals surface area contributed by atoms with Crippen LogP contribution >= 0.6 is 0 Å². The van der Waals surface area contributed by atoms with Crippen molar-refractivity contribution in [3.8, 4) is 0 Å². The van der Waals surface area contributed by atoms with E-state index in [0.29, 0.717) is 19.5 Å². The van der Waals surface area contributed by atoms with E-state index in [0.717, 1.165) is 25.1 Å². The van der Waals surface area contributed by atoms with Crippen LogP contribution in [-0.2, 0) is 20.7 Å². The highest BCUT2D eigenvalue weighted by Gasteiger charge is 2.38. The van der Waals surface area contributed by atoms with Gasteiger partial charge in [-0.3, -0.25) is 14.5 Å². The van der Waals surface area contributed by atoms with E-state index in [4.69, 9.17) is 4.74 Å². The van der Waals surface area contributed by atoms with E-state index in [9.17, 15) is 9.59 Å². The van der Waals surface area contributed by atoms with Crippen LogP contribution in [0, 0.1) is 6.92 Å². The molecule has 2 atom stereocenters. The van der Waals surface area contributed by atoms with Gasteiger partial charge in [0.1, 0.15) is 12.1 Å². The van der Waals surface area contributed by atoms with Crippen LogP contribution in [0.1, 0.15) is 24.5 Å². The van der Waals surface area contributed by atoms with Crippen LogP contribution in [-0.4, -0.2) is 60.0 Å². The Bertz CT molecular complexity index is 576. The summed E-state index contributed by atoms with van der Waals surface area (Å²) in [4.78, 5) is 28.3. The highest BCUT2D eigenvalue weighted by molar-refractivity contribution is 5.79. The number of benzene rings is 1. The van der Waals surface area contributed by atoms with E-state index in [1.54, 1.807) is 0 Å². The molecule has 124 valence electrons. The van der Waals surface area contributed by atoms with Crippen molar-refractivity contribution < 1.29 is 14.3 Å². The largest absolute Gasteiger partial charge is 0.461 e. The van der Waals surface area contributed by atoms with Crippen LogP contribution in [0.15, 0.2) is 24.3 Å². The van der Waals surface area contributed by atoms with Gasteiger partial charge in [0, 0.05) is 32.6 Å². The second-order valence-electron chi connectivity index (χ2n) is 6.58. The molecule has 1 amide bonds. The predicted molar refractivity (Wildman–Crippen MR) is 87.0 cm³/mol. The number of hydrogen-bond acceptors (Lipinski definition) is 4. The van der Waals surface area contributed by atoms with Crippen molar-refractivity contribution >= 4 is 11.9 Å². The van der Waals surface area contributed by atoms with Gasteiger partial charge in [-0.1, -0.05) is 29.8 Å². The fourth-order valence-corrected chi connectivity index (χ4v) is 3.31. The zero-order chi connectivity index (χ0) is 16.4. The monoisotopic (exact) mass is 316 g/mol. The van der Waals surface area contributed by atoms with Crippen molar-refractivity contribution in [3.05, 3.63) is 35.4 Å². The first-order chi connectivity index (χ1) is 11.0. The first kappa shape index (κ1) is 16.0. The van der Waals surface area contributed by atoms with Gasteiger partial charge in [0.2, 0.25) is 5.91 Å². The van der Waals surface area contributed by atoms with Crippen molar-refractivity contribution in [2.75, 3.05) is 26.2 Å². The molecule has 2 fully saturated rings. The molecule has 5 heteroatoms. The molecular weight excluding hydrogens is 292 g/mol. The summed E-state index contributed by atoms with van der Waals surface area (Å²) < 4.78 is 5.23. The van der Waals surface area contributed by atoms with Gasteiger partial charge in [0.15, 0.2) is 0 Å². The van der Waals surface area contributed by atoms with Gasteiger partial charge in [-0.05, 0) is 19.4 Å². The van der Waals surface area contributed by atoms with Crippen molar-refractivity contribution in [1.82, 2.24) is 9.80 Å². The molecule has 3 rings (SSSR count). The Morgan fingerprint density at radius 1 is 1.17 bits per heavy atom. The summed E-state index contributed by atoms with van der Waals surface area (Å²) in [5, 5.41) is 0. The second kappa shape index (κ2) is 6.71. The smallest absolute Gasteiger partial charge is 0.323 e. The molecule has 23 heavy (non-hydrogen) atoms. The summed E-state index contributed by atoms with van der Waals surface area (Å²) in [6.07, 6.45) is 1.22. The Labute approximate surface area is 137 Å². The Morgan fingerprint density at radius 3 is 2.39 bits per heavy atom. The number of nitrogens with zero attached hydrogens (tertiary/aromatic N) is 2. The molecule has 0 bridgehead atoms. The van der Waals surface area contributed by atoms with E-state index in [1.165, 1.54) is 5.56 Å². The number of ether oxygens (including phenoxy) is 1. The number of carbonyl (C=O) groups excluding carboxylic acids is 2. The van der Waals surface area contributed by atoms with E-state index in [2.05, 4.69) is 4.90 Å². The number of cyclic esters (lactones) is 1. The van der Waals surface area contributed by atoms with Crippen molar-refractivity contribution in [2.24, 2.45) is 0 Å². The summed E-state index contributed by atoms with van der Waals surface area (Å²) in [7, 11) is 0. The molecule has 2 heterocycles. The Balaban J connectivity index is 1.51. The number of rotatable bonds is 3. The van der Waals surface area contributed by atoms with Gasteiger partial charge >= 0.3 is 5.97 Å². The minimum Gasteiger partial charge on any atom is -0.461 e. The van der Waals surface area contributed by atoms with Gasteiger partial charge in [-0.15, -0.1) is 0 Å². The maximum atomic E-state index is 12.4. The van der Waals surface area contributed by atoms with Crippen molar-refractivity contribution in [2.45, 2.75) is 38.8 Å². The van der Waals surface area contributed by atoms with Crippen molar-refractivity contribution in [3.63, 3.8) is 0 Å². The van der Waals surface area contributed by atoms with Gasteiger partial charge in [-0.25, -0.2) is 0 Å². The first-order valence-electron chi connectivity index (χ1n) is 8.31. The van der Waals surface area contributed by atoms with Gasteiger partial charge in [0.05, 0.1) is 6.42 Å². The first-order valence-corrected chi connectivity index (χ1v) is 8.31. The van der Waals surface area contributed by atoms with Crippen molar-refractivity contribution in [1.29, 1.82) is 0 Å². The topological polar surface area (TPSA) is 49.9 Å². The highest BCUT2D eigenvalue weighted by atomic mass is 16.6. The molecule has 0 saturated carbocycles. The molecule has 1 aromatic rings. The number of aryl methyl sites for hydroxylation is 1.